The van der Waals surface area contributed by atoms with Crippen LogP contribution in [0.3, 0.4) is 0 Å². The first-order chi connectivity index (χ1) is 14.5. The van der Waals surface area contributed by atoms with Crippen LogP contribution in [-0.4, -0.2) is 29.1 Å². The van der Waals surface area contributed by atoms with Crippen LogP contribution in [0.1, 0.15) is 43.2 Å². The molecule has 156 valence electrons. The molecule has 0 aromatic heterocycles. The smallest absolute Gasteiger partial charge is 0.267 e. The maximum atomic E-state index is 13.4. The molecule has 4 rings (SSSR count). The minimum atomic E-state index is 0.0599. The highest BCUT2D eigenvalue weighted by Crippen LogP contribution is 2.39. The number of carbonyl (C=O) groups excluding carboxylic acids is 1. The number of carbonyl (C=O) groups is 1. The highest BCUT2D eigenvalue weighted by molar-refractivity contribution is 9.10. The Hall–Kier alpha value is -2.05. The van der Waals surface area contributed by atoms with Gasteiger partial charge in [0.2, 0.25) is 0 Å². The molecule has 6 heteroatoms. The van der Waals surface area contributed by atoms with Crippen molar-refractivity contribution in [1.29, 1.82) is 0 Å². The standard InChI is InChI=1S/C24H25BrN2O2S/c1-16-8-11-18(12-9-16)26-24-27(19-6-4-3-5-7-19)23(28)22(30-24)15-17-10-13-21(29-2)20(25)14-17/h8-15,19H,3-7H2,1-2H3/b22-15+,26-24?. The maximum absolute atomic E-state index is 13.4. The minimum absolute atomic E-state index is 0.0599. The number of thioether (sulfide) groups is 1. The number of nitrogens with zero attached hydrogens (tertiary/aromatic N) is 2. The summed E-state index contributed by atoms with van der Waals surface area (Å²) in [7, 11) is 1.64. The van der Waals surface area contributed by atoms with E-state index in [1.807, 2.05) is 41.3 Å². The van der Waals surface area contributed by atoms with Gasteiger partial charge in [0, 0.05) is 6.04 Å². The van der Waals surface area contributed by atoms with Gasteiger partial charge >= 0.3 is 0 Å². The third-order valence-electron chi connectivity index (χ3n) is 5.51. The molecule has 1 saturated heterocycles. The fourth-order valence-corrected chi connectivity index (χ4v) is 5.50. The summed E-state index contributed by atoms with van der Waals surface area (Å²) in [5, 5.41) is 0.787. The molecule has 0 spiro atoms. The molecular formula is C24H25BrN2O2S. The summed E-state index contributed by atoms with van der Waals surface area (Å²) in [6, 6.07) is 14.2. The highest BCUT2D eigenvalue weighted by Gasteiger charge is 2.38. The number of amidine groups is 1. The number of methoxy groups -OCH3 is 1. The van der Waals surface area contributed by atoms with Gasteiger partial charge in [-0.1, -0.05) is 43.0 Å². The topological polar surface area (TPSA) is 41.9 Å². The van der Waals surface area contributed by atoms with Crippen LogP contribution in [0.5, 0.6) is 5.75 Å². The van der Waals surface area contributed by atoms with Gasteiger partial charge in [0.25, 0.3) is 5.91 Å². The van der Waals surface area contributed by atoms with E-state index in [4.69, 9.17) is 9.73 Å². The molecule has 1 aliphatic heterocycles. The molecule has 2 aliphatic rings. The summed E-state index contributed by atoms with van der Waals surface area (Å²) in [5.74, 6) is 0.831. The zero-order valence-electron chi connectivity index (χ0n) is 17.2. The van der Waals surface area contributed by atoms with Gasteiger partial charge in [0.05, 0.1) is 22.2 Å². The van der Waals surface area contributed by atoms with Crippen molar-refractivity contribution in [1.82, 2.24) is 4.90 Å². The summed E-state index contributed by atoms with van der Waals surface area (Å²) < 4.78 is 6.18. The van der Waals surface area contributed by atoms with Crippen molar-refractivity contribution >= 4 is 50.5 Å². The number of hydrogen-bond donors (Lipinski definition) is 0. The first kappa shape index (κ1) is 21.2. The monoisotopic (exact) mass is 484 g/mol. The van der Waals surface area contributed by atoms with Crippen LogP contribution in [0.2, 0.25) is 0 Å². The number of amides is 1. The molecule has 2 aromatic rings. The molecule has 1 heterocycles. The summed E-state index contributed by atoms with van der Waals surface area (Å²) in [6.45, 7) is 2.06. The first-order valence-electron chi connectivity index (χ1n) is 10.3. The molecule has 0 radical (unpaired) electrons. The maximum Gasteiger partial charge on any atom is 0.267 e. The van der Waals surface area contributed by atoms with Crippen molar-refractivity contribution in [3.05, 3.63) is 63.0 Å². The number of ether oxygens (including phenoxy) is 1. The van der Waals surface area contributed by atoms with Gasteiger partial charge < -0.3 is 4.74 Å². The molecule has 0 atom stereocenters. The van der Waals surface area contributed by atoms with Crippen molar-refractivity contribution in [2.24, 2.45) is 4.99 Å². The van der Waals surface area contributed by atoms with Gasteiger partial charge in [-0.2, -0.15) is 0 Å². The van der Waals surface area contributed by atoms with Crippen LogP contribution in [0.4, 0.5) is 5.69 Å². The number of hydrogen-bond acceptors (Lipinski definition) is 4. The largest absolute Gasteiger partial charge is 0.496 e. The molecule has 0 bridgehead atoms. The van der Waals surface area contributed by atoms with E-state index in [1.165, 1.54) is 36.6 Å². The Morgan fingerprint density at radius 3 is 2.53 bits per heavy atom. The molecule has 2 aromatic carbocycles. The predicted molar refractivity (Wildman–Crippen MR) is 128 cm³/mol. The van der Waals surface area contributed by atoms with E-state index >= 15 is 0 Å². The zero-order chi connectivity index (χ0) is 21.1. The fourth-order valence-electron chi connectivity index (χ4n) is 3.88. The summed E-state index contributed by atoms with van der Waals surface area (Å²) in [4.78, 5) is 20.9. The number of aliphatic imine (C=N–C) groups is 1. The Morgan fingerprint density at radius 1 is 1.13 bits per heavy atom. The van der Waals surface area contributed by atoms with Crippen molar-refractivity contribution in [3.63, 3.8) is 0 Å². The lowest BCUT2D eigenvalue weighted by Crippen LogP contribution is -2.40. The summed E-state index contributed by atoms with van der Waals surface area (Å²) >= 11 is 5.00. The third kappa shape index (κ3) is 4.65. The Bertz CT molecular complexity index is 995. The van der Waals surface area contributed by atoms with Crippen LogP contribution >= 0.6 is 27.7 Å². The van der Waals surface area contributed by atoms with Crippen LogP contribution in [0.25, 0.3) is 6.08 Å². The quantitative estimate of drug-likeness (QED) is 0.453. The molecule has 0 N–H and O–H groups in total. The lowest BCUT2D eigenvalue weighted by Gasteiger charge is -2.30. The molecular weight excluding hydrogens is 460 g/mol. The van der Waals surface area contributed by atoms with Gasteiger partial charge in [-0.05, 0) is 83.4 Å². The number of aryl methyl sites for hydroxylation is 1. The molecule has 1 saturated carbocycles. The fraction of sp³-hybridized carbons (Fsp3) is 0.333. The SMILES string of the molecule is COc1ccc(/C=C2/SC(=Nc3ccc(C)cc3)N(C3CCCCC3)C2=O)cc1Br. The molecule has 1 amide bonds. The second kappa shape index (κ2) is 9.40. The highest BCUT2D eigenvalue weighted by atomic mass is 79.9. The molecule has 2 fully saturated rings. The van der Waals surface area contributed by atoms with Gasteiger partial charge in [-0.3, -0.25) is 9.69 Å². The lowest BCUT2D eigenvalue weighted by molar-refractivity contribution is -0.124. The predicted octanol–water partition coefficient (Wildman–Crippen LogP) is 6.70. The second-order valence-corrected chi connectivity index (χ2v) is 9.56. The van der Waals surface area contributed by atoms with Gasteiger partial charge in [0.1, 0.15) is 5.75 Å². The molecule has 4 nitrogen and oxygen atoms in total. The normalized spacial score (nSPS) is 20.4. The van der Waals surface area contributed by atoms with Gasteiger partial charge in [-0.15, -0.1) is 0 Å². The molecule has 0 unspecified atom stereocenters. The van der Waals surface area contributed by atoms with E-state index < -0.39 is 0 Å². The van der Waals surface area contributed by atoms with E-state index in [0.29, 0.717) is 4.91 Å². The summed E-state index contributed by atoms with van der Waals surface area (Å²) in [6.07, 6.45) is 7.62. The van der Waals surface area contributed by atoms with E-state index in [9.17, 15) is 4.79 Å². The summed E-state index contributed by atoms with van der Waals surface area (Å²) in [5.41, 5.74) is 3.03. The van der Waals surface area contributed by atoms with E-state index in [2.05, 4.69) is 35.0 Å². The zero-order valence-corrected chi connectivity index (χ0v) is 19.6. The van der Waals surface area contributed by atoms with E-state index in [1.54, 1.807) is 7.11 Å². The Balaban J connectivity index is 1.68. The third-order valence-corrected chi connectivity index (χ3v) is 7.11. The Labute approximate surface area is 190 Å². The Morgan fingerprint density at radius 2 is 1.87 bits per heavy atom. The van der Waals surface area contributed by atoms with Crippen molar-refractivity contribution in [2.45, 2.75) is 45.1 Å². The van der Waals surface area contributed by atoms with Crippen LogP contribution in [-0.2, 0) is 4.79 Å². The van der Waals surface area contributed by atoms with E-state index in [0.717, 1.165) is 39.5 Å². The Kier molecular flexibility index (Phi) is 6.64. The van der Waals surface area contributed by atoms with Crippen molar-refractivity contribution in [3.8, 4) is 5.75 Å². The number of rotatable bonds is 4. The van der Waals surface area contributed by atoms with Gasteiger partial charge in [0.15, 0.2) is 5.17 Å². The van der Waals surface area contributed by atoms with Crippen LogP contribution in [0.15, 0.2) is 56.8 Å². The molecule has 30 heavy (non-hydrogen) atoms. The second-order valence-electron chi connectivity index (χ2n) is 7.70. The van der Waals surface area contributed by atoms with Crippen molar-refractivity contribution in [2.75, 3.05) is 7.11 Å². The van der Waals surface area contributed by atoms with Crippen LogP contribution in [0, 0.1) is 6.92 Å². The first-order valence-corrected chi connectivity index (χ1v) is 11.9. The van der Waals surface area contributed by atoms with Gasteiger partial charge in [-0.25, -0.2) is 4.99 Å². The number of halogens is 1. The van der Waals surface area contributed by atoms with E-state index in [-0.39, 0.29) is 11.9 Å². The number of benzene rings is 2. The lowest BCUT2D eigenvalue weighted by atomic mass is 9.94. The average Bonchev–Trinajstić information content (AvgIpc) is 3.05. The van der Waals surface area contributed by atoms with Crippen molar-refractivity contribution < 1.29 is 9.53 Å². The van der Waals surface area contributed by atoms with Crippen LogP contribution < -0.4 is 4.74 Å². The minimum Gasteiger partial charge on any atom is -0.496 e. The average molecular weight is 485 g/mol. The molecule has 1 aliphatic carbocycles.